The maximum Gasteiger partial charge on any atom is 0.0314 e. The Morgan fingerprint density at radius 2 is 1.32 bits per heavy atom. The van der Waals surface area contributed by atoms with Crippen LogP contribution in [0.5, 0.6) is 0 Å². The fourth-order valence-corrected chi connectivity index (χ4v) is 5.59. The number of rotatable bonds is 3. The molecule has 2 aliphatic rings. The SMILES string of the molecule is CC(C)C1=Cc2c(-c3ccccc3)cccc2C1c1cccc2c1Cc1ccccc1-2. The molecular weight excluding hydrogens is 372 g/mol. The second-order valence-corrected chi connectivity index (χ2v) is 9.11. The molecule has 0 heterocycles. The molecule has 0 saturated carbocycles. The van der Waals surface area contributed by atoms with Gasteiger partial charge in [-0.1, -0.05) is 116 Å². The lowest BCUT2D eigenvalue weighted by Crippen LogP contribution is -2.08. The van der Waals surface area contributed by atoms with Gasteiger partial charge in [0.1, 0.15) is 0 Å². The van der Waals surface area contributed by atoms with E-state index in [1.54, 1.807) is 0 Å². The van der Waals surface area contributed by atoms with Crippen molar-refractivity contribution >= 4 is 6.08 Å². The molecule has 6 rings (SSSR count). The van der Waals surface area contributed by atoms with Gasteiger partial charge in [-0.2, -0.15) is 0 Å². The van der Waals surface area contributed by atoms with E-state index in [2.05, 4.69) is 111 Å². The fraction of sp³-hybridized carbons (Fsp3) is 0.161. The monoisotopic (exact) mass is 398 g/mol. The minimum atomic E-state index is 0.336. The first kappa shape index (κ1) is 18.4. The zero-order valence-electron chi connectivity index (χ0n) is 18.1. The topological polar surface area (TPSA) is 0 Å². The van der Waals surface area contributed by atoms with Gasteiger partial charge in [0.25, 0.3) is 0 Å². The van der Waals surface area contributed by atoms with Gasteiger partial charge in [0, 0.05) is 5.92 Å². The molecule has 0 nitrogen and oxygen atoms in total. The van der Waals surface area contributed by atoms with Gasteiger partial charge in [0.15, 0.2) is 0 Å². The van der Waals surface area contributed by atoms with Crippen LogP contribution >= 0.6 is 0 Å². The van der Waals surface area contributed by atoms with Gasteiger partial charge in [-0.3, -0.25) is 0 Å². The Kier molecular flexibility index (Phi) is 4.21. The summed E-state index contributed by atoms with van der Waals surface area (Å²) in [6, 6.07) is 33.5. The number of hydrogen-bond donors (Lipinski definition) is 0. The highest BCUT2D eigenvalue weighted by atomic mass is 14.4. The van der Waals surface area contributed by atoms with Crippen molar-refractivity contribution in [3.05, 3.63) is 124 Å². The highest BCUT2D eigenvalue weighted by Crippen LogP contribution is 2.50. The molecule has 0 bridgehead atoms. The van der Waals surface area contributed by atoms with E-state index in [0.29, 0.717) is 11.8 Å². The van der Waals surface area contributed by atoms with Gasteiger partial charge in [0.05, 0.1) is 0 Å². The normalized spacial score (nSPS) is 16.1. The predicted molar refractivity (Wildman–Crippen MR) is 131 cm³/mol. The lowest BCUT2D eigenvalue weighted by Gasteiger charge is -2.23. The molecule has 4 aromatic rings. The van der Waals surface area contributed by atoms with Gasteiger partial charge in [-0.05, 0) is 62.4 Å². The molecular formula is C31H26. The Labute approximate surface area is 184 Å². The number of fused-ring (bicyclic) bond motifs is 4. The van der Waals surface area contributed by atoms with Gasteiger partial charge in [-0.25, -0.2) is 0 Å². The van der Waals surface area contributed by atoms with E-state index in [1.807, 2.05) is 0 Å². The largest absolute Gasteiger partial charge is 0.0622 e. The van der Waals surface area contributed by atoms with Crippen molar-refractivity contribution in [2.45, 2.75) is 26.2 Å². The van der Waals surface area contributed by atoms with E-state index in [0.717, 1.165) is 6.42 Å². The van der Waals surface area contributed by atoms with E-state index < -0.39 is 0 Å². The minimum absolute atomic E-state index is 0.336. The number of hydrogen-bond acceptors (Lipinski definition) is 0. The van der Waals surface area contributed by atoms with Gasteiger partial charge >= 0.3 is 0 Å². The molecule has 0 aromatic heterocycles. The first-order valence-corrected chi connectivity index (χ1v) is 11.3. The molecule has 0 fully saturated rings. The molecule has 0 N–H and O–H groups in total. The summed E-state index contributed by atoms with van der Waals surface area (Å²) in [4.78, 5) is 0. The predicted octanol–water partition coefficient (Wildman–Crippen LogP) is 8.11. The summed E-state index contributed by atoms with van der Waals surface area (Å²) in [5.74, 6) is 0.837. The van der Waals surface area contributed by atoms with Crippen LogP contribution in [0.1, 0.15) is 47.6 Å². The zero-order valence-corrected chi connectivity index (χ0v) is 18.1. The lowest BCUT2D eigenvalue weighted by atomic mass is 9.80. The summed E-state index contributed by atoms with van der Waals surface area (Å²) in [5.41, 5.74) is 14.3. The Morgan fingerprint density at radius 3 is 2.13 bits per heavy atom. The van der Waals surface area contributed by atoms with Crippen LogP contribution in [0.3, 0.4) is 0 Å². The molecule has 2 aliphatic carbocycles. The summed E-state index contributed by atoms with van der Waals surface area (Å²) >= 11 is 0. The Morgan fingerprint density at radius 1 is 0.645 bits per heavy atom. The van der Waals surface area contributed by atoms with Crippen molar-refractivity contribution in [3.8, 4) is 22.3 Å². The van der Waals surface area contributed by atoms with E-state index in [1.165, 1.54) is 55.6 Å². The van der Waals surface area contributed by atoms with Crippen LogP contribution in [0.25, 0.3) is 28.3 Å². The third-order valence-electron chi connectivity index (χ3n) is 7.04. The van der Waals surface area contributed by atoms with Crippen molar-refractivity contribution in [2.24, 2.45) is 5.92 Å². The van der Waals surface area contributed by atoms with Crippen LogP contribution in [0, 0.1) is 5.92 Å². The number of benzene rings is 4. The fourth-order valence-electron chi connectivity index (χ4n) is 5.59. The highest BCUT2D eigenvalue weighted by molar-refractivity contribution is 5.85. The molecule has 0 radical (unpaired) electrons. The second-order valence-electron chi connectivity index (χ2n) is 9.11. The van der Waals surface area contributed by atoms with E-state index in [9.17, 15) is 0 Å². The van der Waals surface area contributed by atoms with Crippen molar-refractivity contribution in [1.29, 1.82) is 0 Å². The molecule has 0 aliphatic heterocycles. The molecule has 31 heavy (non-hydrogen) atoms. The Bertz CT molecular complexity index is 1320. The van der Waals surface area contributed by atoms with E-state index in [-0.39, 0.29) is 0 Å². The summed E-state index contributed by atoms with van der Waals surface area (Å²) in [5, 5.41) is 0. The van der Waals surface area contributed by atoms with Crippen molar-refractivity contribution in [1.82, 2.24) is 0 Å². The molecule has 0 heteroatoms. The standard InChI is InChI=1S/C31H26/c1-20(2)28-19-30-23(21-10-4-3-5-11-21)14-8-16-27(30)31(28)26-17-9-15-25-24-13-7-6-12-22(24)18-29(25)26/h3-17,19-20,31H,18H2,1-2H3. The average Bonchev–Trinajstić information content (AvgIpc) is 3.38. The van der Waals surface area contributed by atoms with Crippen LogP contribution < -0.4 is 0 Å². The second kappa shape index (κ2) is 7.10. The molecule has 0 amide bonds. The third-order valence-corrected chi connectivity index (χ3v) is 7.04. The Hall–Kier alpha value is -3.38. The van der Waals surface area contributed by atoms with Crippen LogP contribution in [0.15, 0.2) is 96.6 Å². The highest BCUT2D eigenvalue weighted by Gasteiger charge is 2.33. The van der Waals surface area contributed by atoms with Crippen molar-refractivity contribution < 1.29 is 0 Å². The van der Waals surface area contributed by atoms with Crippen molar-refractivity contribution in [2.75, 3.05) is 0 Å². The van der Waals surface area contributed by atoms with E-state index in [4.69, 9.17) is 0 Å². The summed E-state index contributed by atoms with van der Waals surface area (Å²) in [7, 11) is 0. The third kappa shape index (κ3) is 2.82. The molecule has 150 valence electrons. The van der Waals surface area contributed by atoms with Gasteiger partial charge in [0.2, 0.25) is 0 Å². The van der Waals surface area contributed by atoms with Gasteiger partial charge in [-0.15, -0.1) is 0 Å². The molecule has 1 atom stereocenters. The molecule has 1 unspecified atom stereocenters. The maximum atomic E-state index is 2.48. The first-order valence-electron chi connectivity index (χ1n) is 11.3. The van der Waals surface area contributed by atoms with Crippen LogP contribution in [-0.2, 0) is 6.42 Å². The van der Waals surface area contributed by atoms with E-state index >= 15 is 0 Å². The minimum Gasteiger partial charge on any atom is -0.0622 e. The molecule has 4 aromatic carbocycles. The summed E-state index contributed by atoms with van der Waals surface area (Å²) < 4.78 is 0. The van der Waals surface area contributed by atoms with Crippen LogP contribution in [-0.4, -0.2) is 0 Å². The summed E-state index contributed by atoms with van der Waals surface area (Å²) in [6.45, 7) is 4.68. The lowest BCUT2D eigenvalue weighted by molar-refractivity contribution is 0.714. The molecule has 0 saturated heterocycles. The maximum absolute atomic E-state index is 2.48. The van der Waals surface area contributed by atoms with Crippen LogP contribution in [0.4, 0.5) is 0 Å². The quantitative estimate of drug-likeness (QED) is 0.288. The smallest absolute Gasteiger partial charge is 0.0314 e. The van der Waals surface area contributed by atoms with Crippen LogP contribution in [0.2, 0.25) is 0 Å². The molecule has 0 spiro atoms. The zero-order chi connectivity index (χ0) is 20.9. The Balaban J connectivity index is 1.55. The average molecular weight is 399 g/mol. The van der Waals surface area contributed by atoms with Gasteiger partial charge < -0.3 is 0 Å². The summed E-state index contributed by atoms with van der Waals surface area (Å²) in [6.07, 6.45) is 3.52. The van der Waals surface area contributed by atoms with Crippen molar-refractivity contribution in [3.63, 3.8) is 0 Å². The number of allylic oxidation sites excluding steroid dienone is 1. The first-order chi connectivity index (χ1) is 15.2.